The maximum Gasteiger partial charge on any atom is 0.193 e. The molecule has 0 bridgehead atoms. The fourth-order valence-electron chi connectivity index (χ4n) is 3.51. The second-order valence-corrected chi connectivity index (χ2v) is 7.67. The van der Waals surface area contributed by atoms with Crippen LogP contribution >= 0.6 is 35.3 Å². The van der Waals surface area contributed by atoms with Crippen molar-refractivity contribution >= 4 is 47.0 Å². The van der Waals surface area contributed by atoms with Crippen molar-refractivity contribution in [3.63, 3.8) is 0 Å². The number of benzene rings is 1. The lowest BCUT2D eigenvalue weighted by Gasteiger charge is -2.33. The van der Waals surface area contributed by atoms with E-state index in [1.54, 1.807) is 11.3 Å². The van der Waals surface area contributed by atoms with Crippen molar-refractivity contribution in [2.24, 2.45) is 10.7 Å². The van der Waals surface area contributed by atoms with Crippen LogP contribution in [-0.4, -0.2) is 43.7 Å². The van der Waals surface area contributed by atoms with Crippen molar-refractivity contribution in [1.29, 1.82) is 0 Å². The number of para-hydroxylation sites is 1. The van der Waals surface area contributed by atoms with Crippen LogP contribution in [0.4, 0.5) is 5.69 Å². The smallest absolute Gasteiger partial charge is 0.193 e. The molecule has 1 atom stereocenters. The predicted octanol–water partition coefficient (Wildman–Crippen LogP) is 4.29. The van der Waals surface area contributed by atoms with Gasteiger partial charge in [-0.3, -0.25) is 9.89 Å². The first-order chi connectivity index (χ1) is 13.2. The molecule has 0 aliphatic carbocycles. The lowest BCUT2D eigenvalue weighted by molar-refractivity contribution is 0.0187. The van der Waals surface area contributed by atoms with E-state index in [9.17, 15) is 0 Å². The first kappa shape index (κ1) is 23.1. The number of halogens is 1. The third kappa shape index (κ3) is 5.92. The molecule has 2 aromatic rings. The van der Waals surface area contributed by atoms with E-state index in [4.69, 9.17) is 15.5 Å². The SMILES string of the molecule is CCc1cccc(CC)c1NC(N)=NCC(c1cccs1)N1CCOCC1.I. The van der Waals surface area contributed by atoms with Crippen molar-refractivity contribution in [3.05, 3.63) is 51.7 Å². The van der Waals surface area contributed by atoms with E-state index in [1.165, 1.54) is 16.0 Å². The normalized spacial score (nSPS) is 16.4. The van der Waals surface area contributed by atoms with Gasteiger partial charge in [0.1, 0.15) is 0 Å². The molecule has 0 radical (unpaired) electrons. The van der Waals surface area contributed by atoms with E-state index in [1.807, 2.05) is 0 Å². The highest BCUT2D eigenvalue weighted by Gasteiger charge is 2.23. The van der Waals surface area contributed by atoms with Crippen molar-refractivity contribution < 1.29 is 4.74 Å². The van der Waals surface area contributed by atoms with Crippen LogP contribution in [0.25, 0.3) is 0 Å². The minimum Gasteiger partial charge on any atom is -0.379 e. The van der Waals surface area contributed by atoms with Gasteiger partial charge in [0.15, 0.2) is 5.96 Å². The highest BCUT2D eigenvalue weighted by molar-refractivity contribution is 14.0. The standard InChI is InChI=1S/C21H30N4OS.HI/c1-3-16-7-5-8-17(4-2)20(16)24-21(22)23-15-18(19-9-6-14-27-19)25-10-12-26-13-11-25;/h5-9,14,18H,3-4,10-13,15H2,1-2H3,(H3,22,23,24);1H. The zero-order valence-electron chi connectivity index (χ0n) is 16.7. The topological polar surface area (TPSA) is 62.9 Å². The molecule has 154 valence electrons. The summed E-state index contributed by atoms with van der Waals surface area (Å²) in [6, 6.07) is 11.0. The summed E-state index contributed by atoms with van der Waals surface area (Å²) in [4.78, 5) is 8.49. The van der Waals surface area contributed by atoms with Gasteiger partial charge in [-0.05, 0) is 35.4 Å². The molecular weight excluding hydrogens is 483 g/mol. The molecule has 0 spiro atoms. The van der Waals surface area contributed by atoms with Crippen LogP contribution in [0.1, 0.15) is 35.9 Å². The Hall–Kier alpha value is -1.16. The monoisotopic (exact) mass is 514 g/mol. The summed E-state index contributed by atoms with van der Waals surface area (Å²) in [6.07, 6.45) is 1.93. The van der Waals surface area contributed by atoms with Gasteiger partial charge in [-0.1, -0.05) is 38.1 Å². The van der Waals surface area contributed by atoms with Gasteiger partial charge >= 0.3 is 0 Å². The zero-order valence-corrected chi connectivity index (χ0v) is 19.8. The van der Waals surface area contributed by atoms with E-state index < -0.39 is 0 Å². The van der Waals surface area contributed by atoms with Crippen molar-refractivity contribution in [2.75, 3.05) is 38.2 Å². The molecule has 1 saturated heterocycles. The molecule has 3 N–H and O–H groups in total. The van der Waals surface area contributed by atoms with Crippen LogP contribution in [0.15, 0.2) is 40.7 Å². The van der Waals surface area contributed by atoms with Crippen LogP contribution in [0.3, 0.4) is 0 Å². The fourth-order valence-corrected chi connectivity index (χ4v) is 4.36. The Labute approximate surface area is 189 Å². The molecule has 1 aromatic heterocycles. The summed E-state index contributed by atoms with van der Waals surface area (Å²) >= 11 is 1.78. The number of thiophene rings is 1. The van der Waals surface area contributed by atoms with E-state index in [2.05, 4.69) is 59.8 Å². The third-order valence-corrected chi connectivity index (χ3v) is 6.02. The van der Waals surface area contributed by atoms with Gasteiger partial charge < -0.3 is 15.8 Å². The number of anilines is 1. The van der Waals surface area contributed by atoms with Crippen LogP contribution < -0.4 is 11.1 Å². The largest absolute Gasteiger partial charge is 0.379 e. The number of morpholine rings is 1. The van der Waals surface area contributed by atoms with Crippen molar-refractivity contribution in [2.45, 2.75) is 32.7 Å². The number of aryl methyl sites for hydroxylation is 2. The minimum atomic E-state index is 0. The lowest BCUT2D eigenvalue weighted by Crippen LogP contribution is -2.40. The van der Waals surface area contributed by atoms with E-state index in [0.29, 0.717) is 12.5 Å². The van der Waals surface area contributed by atoms with Crippen LogP contribution in [0, 0.1) is 0 Å². The van der Waals surface area contributed by atoms with Gasteiger partial charge in [0, 0.05) is 23.7 Å². The molecule has 3 rings (SSSR count). The molecule has 1 aromatic carbocycles. The first-order valence-electron chi connectivity index (χ1n) is 9.75. The van der Waals surface area contributed by atoms with E-state index in [0.717, 1.165) is 44.8 Å². The quantitative estimate of drug-likeness (QED) is 0.329. The number of hydrogen-bond acceptors (Lipinski definition) is 4. The molecule has 1 aliphatic heterocycles. The van der Waals surface area contributed by atoms with E-state index >= 15 is 0 Å². The summed E-state index contributed by atoms with van der Waals surface area (Å²) in [5, 5.41) is 5.50. The minimum absolute atomic E-state index is 0. The molecular formula is C21H31IN4OS. The van der Waals surface area contributed by atoms with Gasteiger partial charge in [-0.15, -0.1) is 35.3 Å². The second kappa shape index (κ2) is 11.7. The average molecular weight is 514 g/mol. The Balaban J connectivity index is 0.00000280. The Morgan fingerprint density at radius 3 is 2.43 bits per heavy atom. The number of hydrogen-bond donors (Lipinski definition) is 2. The molecule has 5 nitrogen and oxygen atoms in total. The number of nitrogens with zero attached hydrogens (tertiary/aromatic N) is 2. The first-order valence-corrected chi connectivity index (χ1v) is 10.6. The maximum atomic E-state index is 6.28. The van der Waals surface area contributed by atoms with Crippen LogP contribution in [0.2, 0.25) is 0 Å². The predicted molar refractivity (Wildman–Crippen MR) is 130 cm³/mol. The zero-order chi connectivity index (χ0) is 19.1. The van der Waals surface area contributed by atoms with Crippen molar-refractivity contribution in [3.8, 4) is 0 Å². The highest BCUT2D eigenvalue weighted by atomic mass is 127. The average Bonchev–Trinajstić information content (AvgIpc) is 3.23. The summed E-state index contributed by atoms with van der Waals surface area (Å²) < 4.78 is 5.51. The molecule has 1 unspecified atom stereocenters. The van der Waals surface area contributed by atoms with Gasteiger partial charge in [0.25, 0.3) is 0 Å². The number of ether oxygens (including phenoxy) is 1. The second-order valence-electron chi connectivity index (χ2n) is 6.69. The summed E-state index contributed by atoms with van der Waals surface area (Å²) in [7, 11) is 0. The van der Waals surface area contributed by atoms with Gasteiger partial charge in [-0.2, -0.15) is 0 Å². The molecule has 0 saturated carbocycles. The van der Waals surface area contributed by atoms with Crippen LogP contribution in [0.5, 0.6) is 0 Å². The molecule has 2 heterocycles. The highest BCUT2D eigenvalue weighted by Crippen LogP contribution is 2.27. The summed E-state index contributed by atoms with van der Waals surface area (Å²) in [6.45, 7) is 8.41. The van der Waals surface area contributed by atoms with E-state index in [-0.39, 0.29) is 30.0 Å². The fraction of sp³-hybridized carbons (Fsp3) is 0.476. The molecule has 1 fully saturated rings. The Morgan fingerprint density at radius 2 is 1.86 bits per heavy atom. The maximum absolute atomic E-state index is 6.28. The Morgan fingerprint density at radius 1 is 1.18 bits per heavy atom. The molecule has 7 heteroatoms. The van der Waals surface area contributed by atoms with Crippen LogP contribution in [-0.2, 0) is 17.6 Å². The summed E-state index contributed by atoms with van der Waals surface area (Å²) in [5.74, 6) is 0.486. The summed E-state index contributed by atoms with van der Waals surface area (Å²) in [5.41, 5.74) is 9.94. The lowest BCUT2D eigenvalue weighted by atomic mass is 10.0. The molecule has 0 amide bonds. The Kier molecular flexibility index (Phi) is 9.70. The third-order valence-electron chi connectivity index (χ3n) is 5.04. The number of aliphatic imine (C=N–C) groups is 1. The molecule has 1 aliphatic rings. The number of rotatable bonds is 7. The van der Waals surface area contributed by atoms with Gasteiger partial charge in [0.05, 0.1) is 25.8 Å². The molecule has 28 heavy (non-hydrogen) atoms. The van der Waals surface area contributed by atoms with Gasteiger partial charge in [-0.25, -0.2) is 0 Å². The number of nitrogens with two attached hydrogens (primary N) is 1. The van der Waals surface area contributed by atoms with Crippen molar-refractivity contribution in [1.82, 2.24) is 4.90 Å². The number of nitrogens with one attached hydrogen (secondary N) is 1. The van der Waals surface area contributed by atoms with Gasteiger partial charge in [0.2, 0.25) is 0 Å². The Bertz CT molecular complexity index is 723. The number of guanidine groups is 1.